The summed E-state index contributed by atoms with van der Waals surface area (Å²) in [7, 11) is 0. The van der Waals surface area contributed by atoms with Crippen LogP contribution in [-0.4, -0.2) is 16.5 Å². The van der Waals surface area contributed by atoms with E-state index in [1.165, 1.54) is 17.2 Å². The zero-order valence-electron chi connectivity index (χ0n) is 14.2. The molecule has 0 aliphatic rings. The normalized spacial score (nSPS) is 10.5. The number of nitrogens with zero attached hydrogens (tertiary/aromatic N) is 2. The highest BCUT2D eigenvalue weighted by molar-refractivity contribution is 5.40. The molecule has 3 rings (SSSR count). The number of hydrogen-bond acceptors (Lipinski definition) is 4. The van der Waals surface area contributed by atoms with E-state index in [1.807, 2.05) is 18.2 Å². The second-order valence-electron chi connectivity index (χ2n) is 5.81. The van der Waals surface area contributed by atoms with Crippen LogP contribution < -0.4 is 10.6 Å². The quantitative estimate of drug-likeness (QED) is 0.679. The van der Waals surface area contributed by atoms with Crippen molar-refractivity contribution in [3.8, 4) is 0 Å². The lowest BCUT2D eigenvalue weighted by atomic mass is 10.1. The van der Waals surface area contributed by atoms with Gasteiger partial charge >= 0.3 is 0 Å². The predicted molar refractivity (Wildman–Crippen MR) is 99.1 cm³/mol. The molecule has 0 unspecified atom stereocenters. The standard InChI is InChI=1S/C20H21FN4/c1-15-6-2-3-8-17(15)14-24-20-23-13-11-19(25-20)22-12-10-16-7-4-5-9-18(16)21/h2-9,11,13H,10,12,14H2,1H3,(H2,22,23,24,25). The first kappa shape index (κ1) is 16.9. The third kappa shape index (κ3) is 4.76. The molecule has 25 heavy (non-hydrogen) atoms. The molecule has 2 aromatic carbocycles. The molecule has 1 heterocycles. The molecule has 0 radical (unpaired) electrons. The van der Waals surface area contributed by atoms with Crippen molar-refractivity contribution < 1.29 is 4.39 Å². The average molecular weight is 336 g/mol. The van der Waals surface area contributed by atoms with E-state index in [0.717, 1.165) is 5.82 Å². The Hall–Kier alpha value is -2.95. The lowest BCUT2D eigenvalue weighted by Crippen LogP contribution is -2.10. The Balaban J connectivity index is 1.54. The number of anilines is 2. The van der Waals surface area contributed by atoms with E-state index in [0.29, 0.717) is 31.0 Å². The zero-order valence-corrected chi connectivity index (χ0v) is 14.2. The number of aryl methyl sites for hydroxylation is 1. The minimum absolute atomic E-state index is 0.174. The predicted octanol–water partition coefficient (Wildman–Crippen LogP) is 4.19. The summed E-state index contributed by atoms with van der Waals surface area (Å²) < 4.78 is 13.6. The minimum atomic E-state index is -0.174. The van der Waals surface area contributed by atoms with Gasteiger partial charge in [-0.25, -0.2) is 9.37 Å². The Bertz CT molecular complexity index is 835. The van der Waals surface area contributed by atoms with Crippen molar-refractivity contribution in [1.82, 2.24) is 9.97 Å². The summed E-state index contributed by atoms with van der Waals surface area (Å²) in [5.41, 5.74) is 3.14. The molecular formula is C20H21FN4. The molecule has 0 spiro atoms. The molecule has 0 amide bonds. The Labute approximate surface area is 147 Å². The molecule has 0 aliphatic carbocycles. The Kier molecular flexibility index (Phi) is 5.57. The van der Waals surface area contributed by atoms with Gasteiger partial charge in [0.2, 0.25) is 5.95 Å². The SMILES string of the molecule is Cc1ccccc1CNc1nccc(NCCc2ccccc2F)n1. The molecule has 2 N–H and O–H groups in total. The van der Waals surface area contributed by atoms with Crippen LogP contribution in [0.2, 0.25) is 0 Å². The summed E-state index contributed by atoms with van der Waals surface area (Å²) in [6.07, 6.45) is 2.31. The number of rotatable bonds is 7. The highest BCUT2D eigenvalue weighted by atomic mass is 19.1. The molecular weight excluding hydrogens is 315 g/mol. The summed E-state index contributed by atoms with van der Waals surface area (Å²) >= 11 is 0. The van der Waals surface area contributed by atoms with Gasteiger partial charge in [0.15, 0.2) is 0 Å². The van der Waals surface area contributed by atoms with Crippen LogP contribution in [0.15, 0.2) is 60.8 Å². The van der Waals surface area contributed by atoms with Gasteiger partial charge in [-0.05, 0) is 42.2 Å². The molecule has 4 nitrogen and oxygen atoms in total. The lowest BCUT2D eigenvalue weighted by molar-refractivity contribution is 0.610. The van der Waals surface area contributed by atoms with Crippen LogP contribution in [-0.2, 0) is 13.0 Å². The van der Waals surface area contributed by atoms with Crippen molar-refractivity contribution in [2.45, 2.75) is 19.9 Å². The third-order valence-corrected chi connectivity index (χ3v) is 4.01. The summed E-state index contributed by atoms with van der Waals surface area (Å²) in [5, 5.41) is 6.45. The molecule has 3 aromatic rings. The van der Waals surface area contributed by atoms with Crippen LogP contribution in [0.5, 0.6) is 0 Å². The van der Waals surface area contributed by atoms with E-state index < -0.39 is 0 Å². The fraction of sp³-hybridized carbons (Fsp3) is 0.200. The highest BCUT2D eigenvalue weighted by Crippen LogP contribution is 2.11. The van der Waals surface area contributed by atoms with Crippen LogP contribution in [0.4, 0.5) is 16.2 Å². The molecule has 1 aromatic heterocycles. The maximum absolute atomic E-state index is 13.6. The number of halogens is 1. The molecule has 0 fully saturated rings. The van der Waals surface area contributed by atoms with Gasteiger partial charge in [0.05, 0.1) is 0 Å². The molecule has 0 aliphatic heterocycles. The maximum Gasteiger partial charge on any atom is 0.224 e. The largest absolute Gasteiger partial charge is 0.370 e. The van der Waals surface area contributed by atoms with Crippen LogP contribution in [0.1, 0.15) is 16.7 Å². The van der Waals surface area contributed by atoms with E-state index in [4.69, 9.17) is 0 Å². The van der Waals surface area contributed by atoms with E-state index in [-0.39, 0.29) is 5.82 Å². The molecule has 0 bridgehead atoms. The second-order valence-corrected chi connectivity index (χ2v) is 5.81. The topological polar surface area (TPSA) is 49.8 Å². The summed E-state index contributed by atoms with van der Waals surface area (Å²) in [6.45, 7) is 3.36. The summed E-state index contributed by atoms with van der Waals surface area (Å²) in [4.78, 5) is 8.69. The fourth-order valence-electron chi connectivity index (χ4n) is 2.55. The van der Waals surface area contributed by atoms with E-state index >= 15 is 0 Å². The Morgan fingerprint density at radius 2 is 1.68 bits per heavy atom. The molecule has 5 heteroatoms. The molecule has 0 atom stereocenters. The first-order valence-corrected chi connectivity index (χ1v) is 8.31. The van der Waals surface area contributed by atoms with Crippen molar-refractivity contribution in [2.75, 3.05) is 17.2 Å². The van der Waals surface area contributed by atoms with Gasteiger partial charge in [0.25, 0.3) is 0 Å². The first-order valence-electron chi connectivity index (χ1n) is 8.31. The second kappa shape index (κ2) is 8.24. The van der Waals surface area contributed by atoms with Gasteiger partial charge in [-0.1, -0.05) is 42.5 Å². The van der Waals surface area contributed by atoms with Crippen molar-refractivity contribution in [3.63, 3.8) is 0 Å². The Morgan fingerprint density at radius 1 is 0.920 bits per heavy atom. The van der Waals surface area contributed by atoms with Crippen molar-refractivity contribution >= 4 is 11.8 Å². The zero-order chi connectivity index (χ0) is 17.5. The van der Waals surface area contributed by atoms with Crippen LogP contribution >= 0.6 is 0 Å². The van der Waals surface area contributed by atoms with Crippen LogP contribution in [0, 0.1) is 12.7 Å². The summed E-state index contributed by atoms with van der Waals surface area (Å²) in [6, 6.07) is 16.8. The minimum Gasteiger partial charge on any atom is -0.370 e. The number of aromatic nitrogens is 2. The van der Waals surface area contributed by atoms with Crippen molar-refractivity contribution in [1.29, 1.82) is 0 Å². The third-order valence-electron chi connectivity index (χ3n) is 4.01. The van der Waals surface area contributed by atoms with Gasteiger partial charge in [0.1, 0.15) is 11.6 Å². The average Bonchev–Trinajstić information content (AvgIpc) is 2.63. The Morgan fingerprint density at radius 3 is 2.48 bits per heavy atom. The fourth-order valence-corrected chi connectivity index (χ4v) is 2.55. The number of nitrogens with one attached hydrogen (secondary N) is 2. The monoisotopic (exact) mass is 336 g/mol. The summed E-state index contributed by atoms with van der Waals surface area (Å²) in [5.74, 6) is 1.12. The van der Waals surface area contributed by atoms with Gasteiger partial charge in [-0.3, -0.25) is 0 Å². The molecule has 128 valence electrons. The van der Waals surface area contributed by atoms with Crippen LogP contribution in [0.3, 0.4) is 0 Å². The van der Waals surface area contributed by atoms with Gasteiger partial charge in [-0.15, -0.1) is 0 Å². The van der Waals surface area contributed by atoms with E-state index in [9.17, 15) is 4.39 Å². The number of hydrogen-bond donors (Lipinski definition) is 2. The highest BCUT2D eigenvalue weighted by Gasteiger charge is 2.03. The van der Waals surface area contributed by atoms with Crippen LogP contribution in [0.25, 0.3) is 0 Å². The van der Waals surface area contributed by atoms with E-state index in [2.05, 4.69) is 39.7 Å². The maximum atomic E-state index is 13.6. The van der Waals surface area contributed by atoms with E-state index in [1.54, 1.807) is 24.4 Å². The van der Waals surface area contributed by atoms with Crippen molar-refractivity contribution in [3.05, 3.63) is 83.3 Å². The van der Waals surface area contributed by atoms with Gasteiger partial charge < -0.3 is 10.6 Å². The molecule has 0 saturated heterocycles. The first-order chi connectivity index (χ1) is 12.2. The van der Waals surface area contributed by atoms with Crippen molar-refractivity contribution in [2.24, 2.45) is 0 Å². The number of benzene rings is 2. The van der Waals surface area contributed by atoms with Gasteiger partial charge in [0, 0.05) is 19.3 Å². The molecule has 0 saturated carbocycles. The van der Waals surface area contributed by atoms with Gasteiger partial charge in [-0.2, -0.15) is 4.98 Å². The smallest absolute Gasteiger partial charge is 0.224 e. The lowest BCUT2D eigenvalue weighted by Gasteiger charge is -2.10.